The van der Waals surface area contributed by atoms with E-state index in [2.05, 4.69) is 4.90 Å². The van der Waals surface area contributed by atoms with Gasteiger partial charge in [0.25, 0.3) is 16.1 Å². The summed E-state index contributed by atoms with van der Waals surface area (Å²) in [5, 5.41) is 0.800. The molecule has 0 aromatic heterocycles. The molecule has 144 valence electrons. The monoisotopic (exact) mass is 420 g/mol. The van der Waals surface area contributed by atoms with Gasteiger partial charge in [0, 0.05) is 68.0 Å². The second-order valence-electron chi connectivity index (χ2n) is 6.56. The number of nitrogens with zero attached hydrogens (tertiary/aromatic N) is 4. The first-order chi connectivity index (χ1) is 12.3. The van der Waals surface area contributed by atoms with E-state index in [1.54, 1.807) is 23.1 Å². The van der Waals surface area contributed by atoms with Crippen molar-refractivity contribution >= 4 is 39.3 Å². The summed E-state index contributed by atoms with van der Waals surface area (Å²) in [5.41, 5.74) is 0.415. The smallest absolute Gasteiger partial charge is 0.282 e. The van der Waals surface area contributed by atoms with Crippen LogP contribution in [0.5, 0.6) is 0 Å². The fourth-order valence-corrected chi connectivity index (χ4v) is 5.27. The minimum absolute atomic E-state index is 0.189. The van der Waals surface area contributed by atoms with Crippen molar-refractivity contribution < 1.29 is 13.2 Å². The normalized spacial score (nSPS) is 21.1. The van der Waals surface area contributed by atoms with Gasteiger partial charge in [-0.05, 0) is 25.2 Å². The Morgan fingerprint density at radius 1 is 0.846 bits per heavy atom. The van der Waals surface area contributed by atoms with Gasteiger partial charge < -0.3 is 9.80 Å². The number of hydrogen-bond acceptors (Lipinski definition) is 4. The lowest BCUT2D eigenvalue weighted by atomic mass is 10.2. The molecule has 0 aliphatic carbocycles. The lowest BCUT2D eigenvalue weighted by molar-refractivity contribution is 0.0692. The molecule has 3 rings (SSSR count). The molecule has 2 fully saturated rings. The molecule has 1 aromatic carbocycles. The van der Waals surface area contributed by atoms with Crippen LogP contribution in [0.15, 0.2) is 18.2 Å². The van der Waals surface area contributed by atoms with Gasteiger partial charge >= 0.3 is 0 Å². The topological polar surface area (TPSA) is 64.2 Å². The summed E-state index contributed by atoms with van der Waals surface area (Å²) in [4.78, 5) is 16.4. The second-order valence-corrected chi connectivity index (χ2v) is 9.36. The highest BCUT2D eigenvalue weighted by Crippen LogP contribution is 2.21. The molecule has 26 heavy (non-hydrogen) atoms. The van der Waals surface area contributed by atoms with Crippen molar-refractivity contribution in [2.24, 2.45) is 0 Å². The van der Waals surface area contributed by atoms with Gasteiger partial charge in [-0.2, -0.15) is 17.0 Å². The predicted molar refractivity (Wildman–Crippen MR) is 102 cm³/mol. The molecule has 2 aliphatic heterocycles. The van der Waals surface area contributed by atoms with Gasteiger partial charge in [0.1, 0.15) is 0 Å². The zero-order valence-electron chi connectivity index (χ0n) is 14.6. The second kappa shape index (κ2) is 8.00. The Bertz CT molecular complexity index is 753. The van der Waals surface area contributed by atoms with Crippen molar-refractivity contribution in [3.05, 3.63) is 33.8 Å². The Kier molecular flexibility index (Phi) is 6.11. The zero-order chi connectivity index (χ0) is 18.9. The molecule has 0 N–H and O–H groups in total. The van der Waals surface area contributed by atoms with E-state index in [1.807, 2.05) is 7.05 Å². The summed E-state index contributed by atoms with van der Waals surface area (Å²) >= 11 is 11.9. The summed E-state index contributed by atoms with van der Waals surface area (Å²) in [5.74, 6) is -0.189. The molecule has 1 aromatic rings. The third-order valence-corrected chi connectivity index (χ3v) is 7.22. The highest BCUT2D eigenvalue weighted by molar-refractivity contribution is 7.86. The molecule has 0 bridgehead atoms. The number of likely N-dealkylation sites (N-methyl/N-ethyl adjacent to an activating group) is 1. The highest BCUT2D eigenvalue weighted by atomic mass is 35.5. The van der Waals surface area contributed by atoms with Crippen LogP contribution in [0.4, 0.5) is 0 Å². The molecule has 7 nitrogen and oxygen atoms in total. The van der Waals surface area contributed by atoms with Crippen LogP contribution in [0, 0.1) is 0 Å². The third kappa shape index (κ3) is 4.32. The average molecular weight is 421 g/mol. The highest BCUT2D eigenvalue weighted by Gasteiger charge is 2.34. The first-order valence-corrected chi connectivity index (χ1v) is 10.6. The maximum atomic E-state index is 12.8. The zero-order valence-corrected chi connectivity index (χ0v) is 16.9. The summed E-state index contributed by atoms with van der Waals surface area (Å²) in [6.07, 6.45) is 0. The molecular weight excluding hydrogens is 399 g/mol. The van der Waals surface area contributed by atoms with Crippen molar-refractivity contribution in [2.75, 3.05) is 59.4 Å². The lowest BCUT2D eigenvalue weighted by Gasteiger charge is -2.39. The average Bonchev–Trinajstić information content (AvgIpc) is 2.61. The molecule has 10 heteroatoms. The number of rotatable bonds is 3. The number of benzene rings is 1. The van der Waals surface area contributed by atoms with Crippen molar-refractivity contribution in [1.82, 2.24) is 18.4 Å². The first kappa shape index (κ1) is 19.9. The Balaban J connectivity index is 1.62. The van der Waals surface area contributed by atoms with Crippen LogP contribution in [0.1, 0.15) is 10.4 Å². The molecule has 0 saturated carbocycles. The maximum Gasteiger partial charge on any atom is 0.282 e. The van der Waals surface area contributed by atoms with E-state index in [1.165, 1.54) is 8.61 Å². The van der Waals surface area contributed by atoms with Gasteiger partial charge in [0.15, 0.2) is 0 Å². The van der Waals surface area contributed by atoms with E-state index in [9.17, 15) is 13.2 Å². The van der Waals surface area contributed by atoms with Gasteiger partial charge in [-0.3, -0.25) is 4.79 Å². The summed E-state index contributed by atoms with van der Waals surface area (Å²) in [6.45, 7) is 3.72. The Morgan fingerprint density at radius 2 is 1.31 bits per heavy atom. The van der Waals surface area contributed by atoms with Crippen LogP contribution in [0.25, 0.3) is 0 Å². The van der Waals surface area contributed by atoms with Crippen LogP contribution in [0.2, 0.25) is 10.0 Å². The fourth-order valence-electron chi connectivity index (χ4n) is 3.16. The number of carbonyl (C=O) groups is 1. The van der Waals surface area contributed by atoms with Crippen LogP contribution in [0.3, 0.4) is 0 Å². The van der Waals surface area contributed by atoms with Gasteiger partial charge in [-0.25, -0.2) is 0 Å². The van der Waals surface area contributed by atoms with E-state index in [-0.39, 0.29) is 19.0 Å². The molecular formula is C16H22Cl2N4O3S. The number of halogens is 2. The van der Waals surface area contributed by atoms with Crippen molar-refractivity contribution in [3.8, 4) is 0 Å². The van der Waals surface area contributed by atoms with Crippen LogP contribution >= 0.6 is 23.2 Å². The number of hydrogen-bond donors (Lipinski definition) is 0. The third-order valence-electron chi connectivity index (χ3n) is 4.75. The van der Waals surface area contributed by atoms with Crippen LogP contribution in [-0.4, -0.2) is 92.1 Å². The molecule has 0 atom stereocenters. The van der Waals surface area contributed by atoms with E-state index in [4.69, 9.17) is 23.2 Å². The van der Waals surface area contributed by atoms with E-state index in [0.29, 0.717) is 41.8 Å². The molecule has 0 spiro atoms. The Hall–Kier alpha value is -0.900. The molecule has 2 saturated heterocycles. The minimum atomic E-state index is -3.48. The quantitative estimate of drug-likeness (QED) is 0.737. The minimum Gasteiger partial charge on any atom is -0.336 e. The first-order valence-electron chi connectivity index (χ1n) is 8.46. The SMILES string of the molecule is CN1CCN(S(=O)(=O)N2CCN(C(=O)c3cc(Cl)cc(Cl)c3)CC2)CC1. The van der Waals surface area contributed by atoms with Crippen molar-refractivity contribution in [1.29, 1.82) is 0 Å². The predicted octanol–water partition coefficient (Wildman–Crippen LogP) is 1.24. The molecule has 0 unspecified atom stereocenters. The summed E-state index contributed by atoms with van der Waals surface area (Å²) < 4.78 is 28.6. The number of amides is 1. The number of piperazine rings is 2. The van der Waals surface area contributed by atoms with Crippen molar-refractivity contribution in [2.45, 2.75) is 0 Å². The van der Waals surface area contributed by atoms with E-state index < -0.39 is 10.2 Å². The number of carbonyl (C=O) groups excluding carboxylic acids is 1. The van der Waals surface area contributed by atoms with Gasteiger partial charge in [-0.15, -0.1) is 0 Å². The van der Waals surface area contributed by atoms with Crippen molar-refractivity contribution in [3.63, 3.8) is 0 Å². The standard InChI is InChI=1S/C16H22Cl2N4O3S/c1-19-2-6-21(7-3-19)26(24,25)22-8-4-20(5-9-22)16(23)13-10-14(17)12-15(18)11-13/h10-12H,2-9H2,1H3. The van der Waals surface area contributed by atoms with Gasteiger partial charge in [-0.1, -0.05) is 23.2 Å². The Morgan fingerprint density at radius 3 is 1.81 bits per heavy atom. The summed E-state index contributed by atoms with van der Waals surface area (Å²) in [7, 11) is -1.49. The van der Waals surface area contributed by atoms with Gasteiger partial charge in [0.2, 0.25) is 0 Å². The largest absolute Gasteiger partial charge is 0.336 e. The van der Waals surface area contributed by atoms with E-state index in [0.717, 1.165) is 13.1 Å². The van der Waals surface area contributed by atoms with E-state index >= 15 is 0 Å². The molecule has 1 amide bonds. The molecule has 2 heterocycles. The molecule has 2 aliphatic rings. The molecule has 0 radical (unpaired) electrons. The van der Waals surface area contributed by atoms with Crippen LogP contribution < -0.4 is 0 Å². The fraction of sp³-hybridized carbons (Fsp3) is 0.562. The summed E-state index contributed by atoms with van der Waals surface area (Å²) in [6, 6.07) is 4.71. The lowest BCUT2D eigenvalue weighted by Crippen LogP contribution is -2.57. The van der Waals surface area contributed by atoms with Gasteiger partial charge in [0.05, 0.1) is 0 Å². The van der Waals surface area contributed by atoms with Crippen LogP contribution in [-0.2, 0) is 10.2 Å². The maximum absolute atomic E-state index is 12.8. The Labute approximate surface area is 164 Å².